The van der Waals surface area contributed by atoms with Crippen LogP contribution in [0.5, 0.6) is 5.75 Å². The van der Waals surface area contributed by atoms with Crippen LogP contribution in [0.3, 0.4) is 0 Å². The molecule has 0 aliphatic carbocycles. The lowest BCUT2D eigenvalue weighted by atomic mass is 10.1. The zero-order valence-corrected chi connectivity index (χ0v) is 20.9. The molecule has 0 amide bonds. The van der Waals surface area contributed by atoms with Gasteiger partial charge >= 0.3 is 0 Å². The third-order valence-electron chi connectivity index (χ3n) is 6.66. The van der Waals surface area contributed by atoms with Crippen molar-refractivity contribution in [2.75, 3.05) is 7.11 Å². The van der Waals surface area contributed by atoms with Gasteiger partial charge in [0.1, 0.15) is 5.75 Å². The minimum Gasteiger partial charge on any atom is -0.497 e. The summed E-state index contributed by atoms with van der Waals surface area (Å²) in [5.41, 5.74) is 6.92. The molecular weight excluding hydrogens is 460 g/mol. The molecule has 0 radical (unpaired) electrons. The first-order chi connectivity index (χ1) is 18.0. The summed E-state index contributed by atoms with van der Waals surface area (Å²) in [6, 6.07) is 28.3. The van der Waals surface area contributed by atoms with E-state index in [0.29, 0.717) is 17.6 Å². The predicted molar refractivity (Wildman–Crippen MR) is 147 cm³/mol. The van der Waals surface area contributed by atoms with Gasteiger partial charge in [-0.05, 0) is 49.7 Å². The zero-order chi connectivity index (χ0) is 25.5. The summed E-state index contributed by atoms with van der Waals surface area (Å²) in [4.78, 5) is 14.8. The lowest BCUT2D eigenvalue weighted by molar-refractivity contribution is 0.282. The molecule has 6 rings (SSSR count). The Hall–Kier alpha value is -4.55. The number of aromatic nitrogens is 4. The summed E-state index contributed by atoms with van der Waals surface area (Å²) in [7, 11) is 1.66. The maximum absolute atomic E-state index is 9.79. The Labute approximate surface area is 214 Å². The Morgan fingerprint density at radius 3 is 1.76 bits per heavy atom. The van der Waals surface area contributed by atoms with Crippen LogP contribution in [0.2, 0.25) is 0 Å². The zero-order valence-electron chi connectivity index (χ0n) is 20.9. The minimum atomic E-state index is -0.0342. The number of aliphatic hydroxyl groups is 1. The van der Waals surface area contributed by atoms with E-state index in [4.69, 9.17) is 19.7 Å². The molecule has 0 fully saturated rings. The SMILES string of the molecule is COc1ccc2c(c1)c1cc(CO)ccc1n2-c1nc(-c2ccc(C)cc2)nc(-c2ccc(C)cc2)n1. The lowest BCUT2D eigenvalue weighted by Gasteiger charge is -2.11. The largest absolute Gasteiger partial charge is 0.497 e. The number of benzene rings is 4. The molecule has 0 aliphatic rings. The number of hydrogen-bond acceptors (Lipinski definition) is 5. The van der Waals surface area contributed by atoms with E-state index in [1.807, 2.05) is 60.7 Å². The van der Waals surface area contributed by atoms with Crippen molar-refractivity contribution >= 4 is 21.8 Å². The molecule has 4 aromatic carbocycles. The highest BCUT2D eigenvalue weighted by Crippen LogP contribution is 2.35. The van der Waals surface area contributed by atoms with Gasteiger partial charge in [-0.15, -0.1) is 0 Å². The highest BCUT2D eigenvalue weighted by molar-refractivity contribution is 6.09. The van der Waals surface area contributed by atoms with Crippen molar-refractivity contribution in [3.63, 3.8) is 0 Å². The summed E-state index contributed by atoms with van der Waals surface area (Å²) < 4.78 is 7.57. The van der Waals surface area contributed by atoms with Gasteiger partial charge in [0.25, 0.3) is 0 Å². The second-order valence-electron chi connectivity index (χ2n) is 9.24. The van der Waals surface area contributed by atoms with E-state index in [2.05, 4.69) is 42.7 Å². The molecule has 0 aliphatic heterocycles. The minimum absolute atomic E-state index is 0.0342. The van der Waals surface area contributed by atoms with Crippen LogP contribution < -0.4 is 4.74 Å². The van der Waals surface area contributed by atoms with Crippen molar-refractivity contribution in [1.29, 1.82) is 0 Å². The van der Waals surface area contributed by atoms with E-state index < -0.39 is 0 Å². The van der Waals surface area contributed by atoms with Gasteiger partial charge in [0.05, 0.1) is 24.8 Å². The maximum atomic E-state index is 9.79. The summed E-state index contributed by atoms with van der Waals surface area (Å²) >= 11 is 0. The average molecular weight is 487 g/mol. The molecule has 6 aromatic rings. The second-order valence-corrected chi connectivity index (χ2v) is 9.24. The number of aliphatic hydroxyl groups excluding tert-OH is 1. The van der Waals surface area contributed by atoms with E-state index in [1.165, 1.54) is 11.1 Å². The van der Waals surface area contributed by atoms with Crippen LogP contribution in [0.1, 0.15) is 16.7 Å². The van der Waals surface area contributed by atoms with Crippen LogP contribution >= 0.6 is 0 Å². The molecule has 0 unspecified atom stereocenters. The molecule has 6 heteroatoms. The van der Waals surface area contributed by atoms with Crippen LogP contribution in [0.25, 0.3) is 50.5 Å². The first-order valence-corrected chi connectivity index (χ1v) is 12.2. The Morgan fingerprint density at radius 1 is 0.676 bits per heavy atom. The molecule has 182 valence electrons. The van der Waals surface area contributed by atoms with Gasteiger partial charge in [0, 0.05) is 21.9 Å². The van der Waals surface area contributed by atoms with E-state index in [0.717, 1.165) is 44.2 Å². The summed E-state index contributed by atoms with van der Waals surface area (Å²) in [6.07, 6.45) is 0. The molecular formula is C31H26N4O2. The quantitative estimate of drug-likeness (QED) is 0.304. The van der Waals surface area contributed by atoms with E-state index in [9.17, 15) is 5.11 Å². The third kappa shape index (κ3) is 4.11. The second kappa shape index (κ2) is 9.15. The fourth-order valence-corrected chi connectivity index (χ4v) is 4.62. The topological polar surface area (TPSA) is 73.1 Å². The number of methoxy groups -OCH3 is 1. The number of aryl methyl sites for hydroxylation is 2. The van der Waals surface area contributed by atoms with Crippen molar-refractivity contribution in [2.24, 2.45) is 0 Å². The normalized spacial score (nSPS) is 11.4. The number of hydrogen-bond donors (Lipinski definition) is 1. The number of ether oxygens (including phenoxy) is 1. The van der Waals surface area contributed by atoms with Crippen molar-refractivity contribution in [2.45, 2.75) is 20.5 Å². The van der Waals surface area contributed by atoms with E-state index in [-0.39, 0.29) is 6.61 Å². The molecule has 6 nitrogen and oxygen atoms in total. The third-order valence-corrected chi connectivity index (χ3v) is 6.66. The van der Waals surface area contributed by atoms with Gasteiger partial charge in [0.15, 0.2) is 11.6 Å². The predicted octanol–water partition coefficient (Wildman–Crippen LogP) is 6.42. The highest BCUT2D eigenvalue weighted by atomic mass is 16.5. The van der Waals surface area contributed by atoms with Gasteiger partial charge < -0.3 is 9.84 Å². The number of fused-ring (bicyclic) bond motifs is 3. The lowest BCUT2D eigenvalue weighted by Crippen LogP contribution is -2.06. The Morgan fingerprint density at radius 2 is 1.22 bits per heavy atom. The Bertz CT molecular complexity index is 1630. The van der Waals surface area contributed by atoms with Gasteiger partial charge in [-0.1, -0.05) is 65.7 Å². The monoisotopic (exact) mass is 486 g/mol. The molecule has 1 N–H and O–H groups in total. The summed E-state index contributed by atoms with van der Waals surface area (Å²) in [5.74, 6) is 2.51. The van der Waals surface area contributed by atoms with Gasteiger partial charge in [-0.25, -0.2) is 4.98 Å². The molecule has 0 atom stereocenters. The Kier molecular flexibility index (Phi) is 5.66. The van der Waals surface area contributed by atoms with Crippen molar-refractivity contribution in [3.8, 4) is 34.5 Å². The van der Waals surface area contributed by atoms with Crippen LogP contribution in [0.15, 0.2) is 84.9 Å². The fraction of sp³-hybridized carbons (Fsp3) is 0.129. The van der Waals surface area contributed by atoms with Crippen molar-refractivity contribution in [3.05, 3.63) is 102 Å². The van der Waals surface area contributed by atoms with Crippen LogP contribution in [0, 0.1) is 13.8 Å². The smallest absolute Gasteiger partial charge is 0.238 e. The molecule has 0 saturated carbocycles. The highest BCUT2D eigenvalue weighted by Gasteiger charge is 2.18. The Balaban J connectivity index is 1.67. The molecule has 2 aromatic heterocycles. The molecule has 37 heavy (non-hydrogen) atoms. The van der Waals surface area contributed by atoms with Crippen molar-refractivity contribution < 1.29 is 9.84 Å². The standard InChI is InChI=1S/C31H26N4O2/c1-19-4-9-22(10-5-19)29-32-30(23-11-6-20(2)7-12-23)34-31(33-29)35-27-14-8-21(18-36)16-25(27)26-17-24(37-3)13-15-28(26)35/h4-17,36H,18H2,1-3H3. The molecule has 0 bridgehead atoms. The molecule has 0 saturated heterocycles. The fourth-order valence-electron chi connectivity index (χ4n) is 4.62. The first-order valence-electron chi connectivity index (χ1n) is 12.2. The number of rotatable bonds is 5. The van der Waals surface area contributed by atoms with Crippen molar-refractivity contribution in [1.82, 2.24) is 19.5 Å². The summed E-state index contributed by atoms with van der Waals surface area (Å²) in [5, 5.41) is 11.8. The van der Waals surface area contributed by atoms with Gasteiger partial charge in [-0.3, -0.25) is 4.57 Å². The van der Waals surface area contributed by atoms with Gasteiger partial charge in [0.2, 0.25) is 5.95 Å². The first kappa shape index (κ1) is 22.9. The van der Waals surface area contributed by atoms with Crippen LogP contribution in [-0.2, 0) is 6.61 Å². The van der Waals surface area contributed by atoms with Crippen LogP contribution in [0.4, 0.5) is 0 Å². The average Bonchev–Trinajstić information content (AvgIpc) is 3.26. The molecule has 0 spiro atoms. The van der Waals surface area contributed by atoms with Crippen LogP contribution in [-0.4, -0.2) is 31.7 Å². The van der Waals surface area contributed by atoms with Gasteiger partial charge in [-0.2, -0.15) is 9.97 Å². The maximum Gasteiger partial charge on any atom is 0.238 e. The molecule has 2 heterocycles. The summed E-state index contributed by atoms with van der Waals surface area (Å²) in [6.45, 7) is 4.09. The van der Waals surface area contributed by atoms with E-state index >= 15 is 0 Å². The number of nitrogens with zero attached hydrogens (tertiary/aromatic N) is 4. The van der Waals surface area contributed by atoms with E-state index in [1.54, 1.807) is 7.11 Å².